The summed E-state index contributed by atoms with van der Waals surface area (Å²) in [6.07, 6.45) is -0.889. The summed E-state index contributed by atoms with van der Waals surface area (Å²) < 4.78 is 4.98. The molecule has 8 nitrogen and oxygen atoms in total. The molecule has 0 radical (unpaired) electrons. The van der Waals surface area contributed by atoms with E-state index in [9.17, 15) is 19.6 Å². The highest BCUT2D eigenvalue weighted by atomic mass is 16.6. The molecule has 0 spiro atoms. The molecule has 21 heavy (non-hydrogen) atoms. The van der Waals surface area contributed by atoms with Gasteiger partial charge < -0.3 is 15.2 Å². The Hall–Kier alpha value is -1.83. The number of amides is 2. The molecule has 0 bridgehead atoms. The summed E-state index contributed by atoms with van der Waals surface area (Å²) in [5.74, 6) is -1.96. The lowest BCUT2D eigenvalue weighted by Gasteiger charge is -2.28. The molecule has 0 aliphatic carbocycles. The summed E-state index contributed by atoms with van der Waals surface area (Å²) in [5.41, 5.74) is -0.821. The van der Waals surface area contributed by atoms with Crippen molar-refractivity contribution in [3.63, 3.8) is 0 Å². The summed E-state index contributed by atoms with van der Waals surface area (Å²) in [6, 6.07) is -1.21. The van der Waals surface area contributed by atoms with Crippen LogP contribution < -0.4 is 5.32 Å². The smallest absolute Gasteiger partial charge is 0.435 e. The van der Waals surface area contributed by atoms with Gasteiger partial charge in [0.15, 0.2) is 0 Å². The van der Waals surface area contributed by atoms with Crippen molar-refractivity contribution < 1.29 is 29.4 Å². The van der Waals surface area contributed by atoms with E-state index in [4.69, 9.17) is 9.84 Å². The second kappa shape index (κ2) is 7.82. The lowest BCUT2D eigenvalue weighted by molar-refractivity contribution is -0.153. The number of carbonyl (C=O) groups is 3. The van der Waals surface area contributed by atoms with Gasteiger partial charge in [-0.3, -0.25) is 14.8 Å². The average Bonchev–Trinajstić information content (AvgIpc) is 2.29. The summed E-state index contributed by atoms with van der Waals surface area (Å²) in [5, 5.41) is 20.8. The summed E-state index contributed by atoms with van der Waals surface area (Å²) in [4.78, 5) is 34.1. The van der Waals surface area contributed by atoms with E-state index in [1.807, 2.05) is 0 Å². The van der Waals surface area contributed by atoms with Crippen molar-refractivity contribution in [2.24, 2.45) is 5.92 Å². The van der Waals surface area contributed by atoms with Gasteiger partial charge in [0.25, 0.3) is 0 Å². The Morgan fingerprint density at radius 1 is 1.24 bits per heavy atom. The molecule has 0 aromatic rings. The number of rotatable bonds is 6. The molecule has 8 heteroatoms. The van der Waals surface area contributed by atoms with Gasteiger partial charge in [-0.15, -0.1) is 0 Å². The van der Waals surface area contributed by atoms with Crippen LogP contribution >= 0.6 is 0 Å². The topological polar surface area (TPSA) is 116 Å². The van der Waals surface area contributed by atoms with E-state index >= 15 is 0 Å². The maximum atomic E-state index is 11.9. The van der Waals surface area contributed by atoms with Crippen molar-refractivity contribution in [1.29, 1.82) is 0 Å². The number of nitrogens with zero attached hydrogens (tertiary/aromatic N) is 1. The minimum atomic E-state index is -1.21. The summed E-state index contributed by atoms with van der Waals surface area (Å²) in [7, 11) is 0. The highest BCUT2D eigenvalue weighted by Crippen LogP contribution is 2.15. The van der Waals surface area contributed by atoms with Gasteiger partial charge in [-0.1, -0.05) is 13.8 Å². The van der Waals surface area contributed by atoms with Gasteiger partial charge in [0.05, 0.1) is 0 Å². The molecule has 3 N–H and O–H groups in total. The van der Waals surface area contributed by atoms with E-state index in [1.165, 1.54) is 0 Å². The fourth-order valence-corrected chi connectivity index (χ4v) is 1.48. The van der Waals surface area contributed by atoms with Gasteiger partial charge in [-0.25, -0.2) is 4.79 Å². The van der Waals surface area contributed by atoms with Gasteiger partial charge >= 0.3 is 12.1 Å². The lowest BCUT2D eigenvalue weighted by Crippen LogP contribution is -2.50. The monoisotopic (exact) mass is 304 g/mol. The van der Waals surface area contributed by atoms with E-state index in [1.54, 1.807) is 34.6 Å². The zero-order chi connectivity index (χ0) is 16.8. The van der Waals surface area contributed by atoms with E-state index in [2.05, 4.69) is 5.32 Å². The molecular formula is C13H24N2O6. The first-order valence-corrected chi connectivity index (χ1v) is 6.64. The normalized spacial score (nSPS) is 12.7. The molecule has 0 heterocycles. The lowest BCUT2D eigenvalue weighted by atomic mass is 10.0. The highest BCUT2D eigenvalue weighted by Gasteiger charge is 2.32. The van der Waals surface area contributed by atoms with Gasteiger partial charge in [0.2, 0.25) is 5.91 Å². The van der Waals surface area contributed by atoms with Crippen molar-refractivity contribution in [1.82, 2.24) is 10.4 Å². The van der Waals surface area contributed by atoms with Crippen LogP contribution in [-0.4, -0.2) is 51.5 Å². The molecule has 0 aliphatic rings. The number of aliphatic carboxylic acids is 1. The van der Waals surface area contributed by atoms with Gasteiger partial charge in [0.1, 0.15) is 18.2 Å². The van der Waals surface area contributed by atoms with Crippen molar-refractivity contribution in [3.05, 3.63) is 0 Å². The van der Waals surface area contributed by atoms with Crippen LogP contribution in [0.2, 0.25) is 0 Å². The number of nitrogens with one attached hydrogen (secondary N) is 1. The number of carboxylic acid groups (broad SMARTS) is 1. The molecule has 0 unspecified atom stereocenters. The van der Waals surface area contributed by atoms with Crippen molar-refractivity contribution >= 4 is 18.0 Å². The Morgan fingerprint density at radius 3 is 2.14 bits per heavy atom. The first-order valence-electron chi connectivity index (χ1n) is 6.64. The first-order chi connectivity index (χ1) is 9.44. The molecular weight excluding hydrogens is 280 g/mol. The zero-order valence-electron chi connectivity index (χ0n) is 13.0. The molecule has 0 saturated heterocycles. The Morgan fingerprint density at radius 2 is 1.76 bits per heavy atom. The van der Waals surface area contributed by atoms with E-state index in [0.29, 0.717) is 0 Å². The molecule has 0 rings (SSSR count). The van der Waals surface area contributed by atoms with Crippen LogP contribution in [0.3, 0.4) is 0 Å². The van der Waals surface area contributed by atoms with Crippen LogP contribution in [0.5, 0.6) is 0 Å². The van der Waals surface area contributed by atoms with Gasteiger partial charge in [0, 0.05) is 0 Å². The third-order valence-corrected chi connectivity index (χ3v) is 2.29. The molecule has 122 valence electrons. The maximum Gasteiger partial charge on any atom is 0.435 e. The van der Waals surface area contributed by atoms with Crippen LogP contribution in [0.4, 0.5) is 4.79 Å². The van der Waals surface area contributed by atoms with Crippen LogP contribution in [0.1, 0.15) is 41.0 Å². The highest BCUT2D eigenvalue weighted by molar-refractivity contribution is 5.87. The Balaban J connectivity index is 4.91. The van der Waals surface area contributed by atoms with Crippen LogP contribution in [-0.2, 0) is 14.3 Å². The number of hydrogen-bond acceptors (Lipinski definition) is 5. The van der Waals surface area contributed by atoms with Crippen LogP contribution in [0.15, 0.2) is 0 Å². The number of ether oxygens (including phenoxy) is 1. The third-order valence-electron chi connectivity index (χ3n) is 2.29. The average molecular weight is 304 g/mol. The molecule has 0 saturated carbocycles. The molecule has 1 atom stereocenters. The summed E-state index contributed by atoms with van der Waals surface area (Å²) >= 11 is 0. The van der Waals surface area contributed by atoms with E-state index < -0.39 is 36.2 Å². The van der Waals surface area contributed by atoms with Crippen LogP contribution in [0, 0.1) is 5.92 Å². The standard InChI is InChI=1S/C13H24N2O6/c1-8(2)6-9(11(18)14-7-10(16)17)15(20)12(19)21-13(3,4)5/h8-9,20H,6-7H2,1-5H3,(H,14,18)(H,16,17)/t9-/m0/s1. The molecule has 0 aromatic heterocycles. The fraction of sp³-hybridized carbons (Fsp3) is 0.769. The van der Waals surface area contributed by atoms with Crippen LogP contribution in [0.25, 0.3) is 0 Å². The fourth-order valence-electron chi connectivity index (χ4n) is 1.48. The molecule has 2 amide bonds. The predicted molar refractivity (Wildman–Crippen MR) is 73.7 cm³/mol. The molecule has 0 aromatic carbocycles. The SMILES string of the molecule is CC(C)C[C@@H](C(=O)NCC(=O)O)N(O)C(=O)OC(C)(C)C. The Bertz CT molecular complexity index is 389. The van der Waals surface area contributed by atoms with E-state index in [-0.39, 0.29) is 17.4 Å². The number of carbonyl (C=O) groups excluding carboxylic acids is 2. The Kier molecular flexibility index (Phi) is 7.14. The second-order valence-corrected chi connectivity index (χ2v) is 6.08. The first kappa shape index (κ1) is 19.2. The van der Waals surface area contributed by atoms with Gasteiger partial charge in [-0.05, 0) is 33.1 Å². The van der Waals surface area contributed by atoms with Crippen molar-refractivity contribution in [2.45, 2.75) is 52.7 Å². The van der Waals surface area contributed by atoms with E-state index in [0.717, 1.165) is 0 Å². The quantitative estimate of drug-likeness (QED) is 0.502. The van der Waals surface area contributed by atoms with Crippen molar-refractivity contribution in [2.75, 3.05) is 6.54 Å². The minimum Gasteiger partial charge on any atom is -0.480 e. The number of carboxylic acids is 1. The molecule has 0 fully saturated rings. The zero-order valence-corrected chi connectivity index (χ0v) is 13.0. The third kappa shape index (κ3) is 8.13. The second-order valence-electron chi connectivity index (χ2n) is 6.08. The largest absolute Gasteiger partial charge is 0.480 e. The minimum absolute atomic E-state index is 0.00247. The predicted octanol–water partition coefficient (Wildman–Crippen LogP) is 1.23. The summed E-state index contributed by atoms with van der Waals surface area (Å²) in [6.45, 7) is 7.90. The van der Waals surface area contributed by atoms with Gasteiger partial charge in [-0.2, -0.15) is 5.06 Å². The number of hydrogen-bond donors (Lipinski definition) is 3. The van der Waals surface area contributed by atoms with Crippen molar-refractivity contribution in [3.8, 4) is 0 Å². The Labute approximate surface area is 124 Å². The number of hydroxylamine groups is 2. The maximum absolute atomic E-state index is 11.9. The molecule has 0 aliphatic heterocycles.